The Morgan fingerprint density at radius 3 is 2.81 bits per heavy atom. The maximum atomic E-state index is 5.70. The van der Waals surface area contributed by atoms with Crippen LogP contribution in [0.25, 0.3) is 0 Å². The Balaban J connectivity index is 2.25. The van der Waals surface area contributed by atoms with Gasteiger partial charge in [-0.1, -0.05) is 19.8 Å². The van der Waals surface area contributed by atoms with Gasteiger partial charge in [-0.3, -0.25) is 0 Å². The van der Waals surface area contributed by atoms with Gasteiger partial charge in [0.15, 0.2) is 0 Å². The highest BCUT2D eigenvalue weighted by Crippen LogP contribution is 2.13. The van der Waals surface area contributed by atoms with Crippen LogP contribution in [0.3, 0.4) is 0 Å². The standard InChI is InChI=1S/C13H23NOS/c1-4-5-6-11(2)14-9-12-7-8-13(15-12)10-16-3/h7-8,11,14H,4-6,9-10H2,1-3H3. The lowest BCUT2D eigenvalue weighted by Crippen LogP contribution is -2.24. The Bertz CT molecular complexity index is 285. The maximum absolute atomic E-state index is 5.70. The molecule has 0 aliphatic heterocycles. The molecule has 3 heteroatoms. The molecular weight excluding hydrogens is 218 g/mol. The van der Waals surface area contributed by atoms with Gasteiger partial charge in [0.25, 0.3) is 0 Å². The summed E-state index contributed by atoms with van der Waals surface area (Å²) in [6, 6.07) is 4.73. The zero-order chi connectivity index (χ0) is 11.8. The summed E-state index contributed by atoms with van der Waals surface area (Å²) in [6.45, 7) is 5.31. The summed E-state index contributed by atoms with van der Waals surface area (Å²) >= 11 is 1.79. The third kappa shape index (κ3) is 5.08. The average molecular weight is 241 g/mol. The van der Waals surface area contributed by atoms with Crippen LogP contribution >= 0.6 is 11.8 Å². The van der Waals surface area contributed by atoms with Crippen molar-refractivity contribution >= 4 is 11.8 Å². The number of furan rings is 1. The van der Waals surface area contributed by atoms with Gasteiger partial charge in [0, 0.05) is 6.04 Å². The first-order valence-corrected chi connectivity index (χ1v) is 7.45. The predicted octanol–water partition coefficient (Wildman–Crippen LogP) is 3.81. The lowest BCUT2D eigenvalue weighted by molar-refractivity contribution is 0.425. The molecule has 16 heavy (non-hydrogen) atoms. The molecule has 0 amide bonds. The van der Waals surface area contributed by atoms with E-state index in [1.165, 1.54) is 19.3 Å². The topological polar surface area (TPSA) is 25.2 Å². The van der Waals surface area contributed by atoms with Crippen LogP contribution in [0.15, 0.2) is 16.5 Å². The molecule has 1 rings (SSSR count). The van der Waals surface area contributed by atoms with Crippen molar-refractivity contribution in [1.29, 1.82) is 0 Å². The molecule has 0 saturated heterocycles. The molecule has 0 spiro atoms. The molecule has 0 radical (unpaired) electrons. The quantitative estimate of drug-likeness (QED) is 0.749. The van der Waals surface area contributed by atoms with Crippen LogP contribution in [0.2, 0.25) is 0 Å². The maximum Gasteiger partial charge on any atom is 0.118 e. The molecule has 1 heterocycles. The third-order valence-corrected chi connectivity index (χ3v) is 3.19. The first-order valence-electron chi connectivity index (χ1n) is 6.06. The normalized spacial score (nSPS) is 12.9. The van der Waals surface area contributed by atoms with Gasteiger partial charge in [-0.15, -0.1) is 0 Å². The first-order chi connectivity index (χ1) is 7.76. The van der Waals surface area contributed by atoms with E-state index in [2.05, 4.69) is 37.6 Å². The monoisotopic (exact) mass is 241 g/mol. The van der Waals surface area contributed by atoms with Gasteiger partial charge >= 0.3 is 0 Å². The Morgan fingerprint density at radius 2 is 2.12 bits per heavy atom. The van der Waals surface area contributed by atoms with E-state index in [4.69, 9.17) is 4.42 Å². The molecule has 0 aliphatic rings. The smallest absolute Gasteiger partial charge is 0.118 e. The molecule has 0 bridgehead atoms. The van der Waals surface area contributed by atoms with E-state index >= 15 is 0 Å². The number of thioether (sulfide) groups is 1. The van der Waals surface area contributed by atoms with E-state index in [9.17, 15) is 0 Å². The average Bonchev–Trinajstić information content (AvgIpc) is 2.72. The summed E-state index contributed by atoms with van der Waals surface area (Å²) < 4.78 is 5.70. The summed E-state index contributed by atoms with van der Waals surface area (Å²) in [5, 5.41) is 3.49. The summed E-state index contributed by atoms with van der Waals surface area (Å²) in [4.78, 5) is 0. The van der Waals surface area contributed by atoms with Crippen molar-refractivity contribution in [3.63, 3.8) is 0 Å². The zero-order valence-electron chi connectivity index (χ0n) is 10.6. The highest BCUT2D eigenvalue weighted by Gasteiger charge is 2.04. The Hall–Kier alpha value is -0.410. The Labute approximate surface area is 103 Å². The first kappa shape index (κ1) is 13.7. The minimum absolute atomic E-state index is 0.578. The van der Waals surface area contributed by atoms with Crippen molar-refractivity contribution < 1.29 is 4.42 Å². The molecule has 0 saturated carbocycles. The van der Waals surface area contributed by atoms with E-state index < -0.39 is 0 Å². The highest BCUT2D eigenvalue weighted by molar-refractivity contribution is 7.97. The van der Waals surface area contributed by atoms with E-state index in [1.807, 2.05) is 0 Å². The second-order valence-electron chi connectivity index (χ2n) is 4.23. The second kappa shape index (κ2) is 7.80. The summed E-state index contributed by atoms with van der Waals surface area (Å²) in [5.74, 6) is 3.09. The zero-order valence-corrected chi connectivity index (χ0v) is 11.4. The van der Waals surface area contributed by atoms with Crippen LogP contribution in [0, 0.1) is 0 Å². The molecule has 1 unspecified atom stereocenters. The van der Waals surface area contributed by atoms with Crippen molar-refractivity contribution in [3.05, 3.63) is 23.7 Å². The fraction of sp³-hybridized carbons (Fsp3) is 0.692. The molecule has 0 aliphatic carbocycles. The van der Waals surface area contributed by atoms with Crippen LogP contribution in [-0.4, -0.2) is 12.3 Å². The molecule has 0 aromatic carbocycles. The van der Waals surface area contributed by atoms with Gasteiger partial charge in [-0.2, -0.15) is 11.8 Å². The van der Waals surface area contributed by atoms with Crippen molar-refractivity contribution in [2.75, 3.05) is 6.26 Å². The predicted molar refractivity (Wildman–Crippen MR) is 71.8 cm³/mol. The fourth-order valence-corrected chi connectivity index (χ4v) is 2.06. The van der Waals surface area contributed by atoms with Crippen LogP contribution in [0.4, 0.5) is 0 Å². The minimum Gasteiger partial charge on any atom is -0.464 e. The van der Waals surface area contributed by atoms with E-state index in [0.717, 1.165) is 23.8 Å². The van der Waals surface area contributed by atoms with Crippen LogP contribution in [-0.2, 0) is 12.3 Å². The van der Waals surface area contributed by atoms with Gasteiger partial charge in [0.05, 0.1) is 12.3 Å². The third-order valence-electron chi connectivity index (χ3n) is 2.62. The molecule has 2 nitrogen and oxygen atoms in total. The lowest BCUT2D eigenvalue weighted by Gasteiger charge is -2.11. The number of nitrogens with one attached hydrogen (secondary N) is 1. The van der Waals surface area contributed by atoms with Gasteiger partial charge in [-0.05, 0) is 31.7 Å². The van der Waals surface area contributed by atoms with Crippen LogP contribution in [0.1, 0.15) is 44.6 Å². The Morgan fingerprint density at radius 1 is 1.38 bits per heavy atom. The molecule has 1 N–H and O–H groups in total. The van der Waals surface area contributed by atoms with Crippen molar-refractivity contribution in [2.24, 2.45) is 0 Å². The van der Waals surface area contributed by atoms with Crippen molar-refractivity contribution in [2.45, 2.75) is 51.4 Å². The molecule has 1 atom stereocenters. The van der Waals surface area contributed by atoms with E-state index in [0.29, 0.717) is 6.04 Å². The summed E-state index contributed by atoms with van der Waals surface area (Å²) in [7, 11) is 0. The summed E-state index contributed by atoms with van der Waals surface area (Å²) in [5.41, 5.74) is 0. The summed E-state index contributed by atoms with van der Waals surface area (Å²) in [6.07, 6.45) is 5.90. The van der Waals surface area contributed by atoms with Gasteiger partial charge < -0.3 is 9.73 Å². The van der Waals surface area contributed by atoms with Crippen molar-refractivity contribution in [3.8, 4) is 0 Å². The second-order valence-corrected chi connectivity index (χ2v) is 5.09. The molecule has 0 fully saturated rings. The molecule has 1 aromatic rings. The molecule has 92 valence electrons. The molecule has 1 aromatic heterocycles. The minimum atomic E-state index is 0.578. The van der Waals surface area contributed by atoms with Gasteiger partial charge in [0.2, 0.25) is 0 Å². The van der Waals surface area contributed by atoms with Gasteiger partial charge in [0.1, 0.15) is 11.5 Å². The van der Waals surface area contributed by atoms with E-state index in [-0.39, 0.29) is 0 Å². The van der Waals surface area contributed by atoms with E-state index in [1.54, 1.807) is 11.8 Å². The number of unbranched alkanes of at least 4 members (excludes halogenated alkanes) is 1. The number of hydrogen-bond donors (Lipinski definition) is 1. The highest BCUT2D eigenvalue weighted by atomic mass is 32.2. The largest absolute Gasteiger partial charge is 0.464 e. The number of rotatable bonds is 8. The van der Waals surface area contributed by atoms with Crippen LogP contribution in [0.5, 0.6) is 0 Å². The van der Waals surface area contributed by atoms with Crippen LogP contribution < -0.4 is 5.32 Å². The molecular formula is C13H23NOS. The SMILES string of the molecule is CCCCC(C)NCc1ccc(CSC)o1. The van der Waals surface area contributed by atoms with Crippen molar-refractivity contribution in [1.82, 2.24) is 5.32 Å². The lowest BCUT2D eigenvalue weighted by atomic mass is 10.1. The number of hydrogen-bond acceptors (Lipinski definition) is 3. The van der Waals surface area contributed by atoms with Gasteiger partial charge in [-0.25, -0.2) is 0 Å². The fourth-order valence-electron chi connectivity index (χ4n) is 1.62. The Kier molecular flexibility index (Phi) is 6.65.